The Hall–Kier alpha value is -2.68. The lowest BCUT2D eigenvalue weighted by Crippen LogP contribution is -2.18. The summed E-state index contributed by atoms with van der Waals surface area (Å²) >= 11 is 1.35. The third kappa shape index (κ3) is 4.89. The lowest BCUT2D eigenvalue weighted by molar-refractivity contribution is -0.137. The summed E-state index contributed by atoms with van der Waals surface area (Å²) in [4.78, 5) is 16.8. The van der Waals surface area contributed by atoms with E-state index in [1.54, 1.807) is 10.1 Å². The standard InChI is InChI=1S/C21H23F3N4OS/c1-4-5-8-16-13(2)27-28(14(16)3)20-25-15(12-30-20)11-19(29)26-18-10-7-6-9-17(18)21(22,23)24/h6-7,9-10,12H,4-5,8,11H2,1-3H3,(H,26,29). The van der Waals surface area contributed by atoms with Crippen LogP contribution in [0.25, 0.3) is 5.13 Å². The number of rotatable bonds is 7. The molecule has 0 radical (unpaired) electrons. The molecule has 3 rings (SSSR count). The number of carbonyl (C=O) groups excluding carboxylic acids is 1. The van der Waals surface area contributed by atoms with E-state index in [2.05, 4.69) is 22.3 Å². The molecule has 0 bridgehead atoms. The molecule has 0 aliphatic heterocycles. The first kappa shape index (κ1) is 22.0. The van der Waals surface area contributed by atoms with Crippen LogP contribution in [-0.2, 0) is 23.8 Å². The van der Waals surface area contributed by atoms with Crippen LogP contribution in [-0.4, -0.2) is 20.7 Å². The van der Waals surface area contributed by atoms with Gasteiger partial charge in [-0.25, -0.2) is 9.67 Å². The summed E-state index contributed by atoms with van der Waals surface area (Å²) in [5, 5.41) is 9.28. The maximum atomic E-state index is 13.1. The third-order valence-corrected chi connectivity index (χ3v) is 5.66. The van der Waals surface area contributed by atoms with Crippen molar-refractivity contribution in [1.82, 2.24) is 14.8 Å². The second-order valence-corrected chi connectivity index (χ2v) is 7.89. The Kier molecular flexibility index (Phi) is 6.60. The summed E-state index contributed by atoms with van der Waals surface area (Å²) in [6.45, 7) is 6.10. The van der Waals surface area contributed by atoms with Crippen molar-refractivity contribution in [2.45, 2.75) is 52.6 Å². The van der Waals surface area contributed by atoms with Crippen molar-refractivity contribution in [2.24, 2.45) is 0 Å². The van der Waals surface area contributed by atoms with E-state index >= 15 is 0 Å². The van der Waals surface area contributed by atoms with Gasteiger partial charge < -0.3 is 5.32 Å². The van der Waals surface area contributed by atoms with Gasteiger partial charge >= 0.3 is 6.18 Å². The number of anilines is 1. The first-order valence-corrected chi connectivity index (χ1v) is 10.5. The molecule has 5 nitrogen and oxygen atoms in total. The van der Waals surface area contributed by atoms with Crippen molar-refractivity contribution in [3.63, 3.8) is 0 Å². The molecule has 0 atom stereocenters. The monoisotopic (exact) mass is 436 g/mol. The SMILES string of the molecule is CCCCc1c(C)nn(-c2nc(CC(=O)Nc3ccccc3C(F)(F)F)cs2)c1C. The van der Waals surface area contributed by atoms with Crippen LogP contribution in [0.1, 0.15) is 48.0 Å². The Morgan fingerprint density at radius 1 is 1.23 bits per heavy atom. The minimum Gasteiger partial charge on any atom is -0.325 e. The number of nitrogens with zero attached hydrogens (tertiary/aromatic N) is 3. The van der Waals surface area contributed by atoms with E-state index < -0.39 is 17.6 Å². The molecule has 2 heterocycles. The first-order chi connectivity index (χ1) is 14.2. The van der Waals surface area contributed by atoms with Gasteiger partial charge in [-0.15, -0.1) is 11.3 Å². The molecule has 0 saturated carbocycles. The van der Waals surface area contributed by atoms with Gasteiger partial charge in [-0.05, 0) is 44.4 Å². The van der Waals surface area contributed by atoms with Crippen LogP contribution in [0.4, 0.5) is 18.9 Å². The van der Waals surface area contributed by atoms with Crippen molar-refractivity contribution in [3.05, 3.63) is 57.9 Å². The molecule has 0 aliphatic carbocycles. The number of unbranched alkanes of at least 4 members (excludes halogenated alkanes) is 1. The summed E-state index contributed by atoms with van der Waals surface area (Å²) in [5.74, 6) is -0.555. The molecular weight excluding hydrogens is 413 g/mol. The number of hydrogen-bond donors (Lipinski definition) is 1. The maximum Gasteiger partial charge on any atom is 0.418 e. The highest BCUT2D eigenvalue weighted by atomic mass is 32.1. The van der Waals surface area contributed by atoms with Crippen molar-refractivity contribution < 1.29 is 18.0 Å². The maximum absolute atomic E-state index is 13.1. The molecule has 1 amide bonds. The highest BCUT2D eigenvalue weighted by Gasteiger charge is 2.33. The lowest BCUT2D eigenvalue weighted by atomic mass is 10.1. The number of halogens is 3. The number of aryl methyl sites for hydroxylation is 1. The number of carbonyl (C=O) groups is 1. The highest BCUT2D eigenvalue weighted by Crippen LogP contribution is 2.34. The number of amides is 1. The Morgan fingerprint density at radius 2 is 1.97 bits per heavy atom. The summed E-state index contributed by atoms with van der Waals surface area (Å²) in [6.07, 6.45) is -1.53. The second kappa shape index (κ2) is 8.99. The van der Waals surface area contributed by atoms with E-state index in [0.29, 0.717) is 10.8 Å². The van der Waals surface area contributed by atoms with Crippen LogP contribution < -0.4 is 5.32 Å². The molecule has 0 fully saturated rings. The number of hydrogen-bond acceptors (Lipinski definition) is 4. The molecule has 0 saturated heterocycles. The number of aromatic nitrogens is 3. The lowest BCUT2D eigenvalue weighted by Gasteiger charge is -2.13. The predicted octanol–water partition coefficient (Wildman–Crippen LogP) is 5.49. The topological polar surface area (TPSA) is 59.8 Å². The number of alkyl halides is 3. The van der Waals surface area contributed by atoms with Crippen LogP contribution in [0, 0.1) is 13.8 Å². The van der Waals surface area contributed by atoms with Crippen molar-refractivity contribution in [1.29, 1.82) is 0 Å². The molecule has 9 heteroatoms. The number of para-hydroxylation sites is 1. The molecule has 3 aromatic rings. The second-order valence-electron chi connectivity index (χ2n) is 7.05. The van der Waals surface area contributed by atoms with E-state index in [-0.39, 0.29) is 12.1 Å². The summed E-state index contributed by atoms with van der Waals surface area (Å²) in [7, 11) is 0. The fourth-order valence-electron chi connectivity index (χ4n) is 3.25. The Balaban J connectivity index is 1.73. The molecule has 1 aromatic carbocycles. The number of nitrogens with one attached hydrogen (secondary N) is 1. The minimum atomic E-state index is -4.54. The van der Waals surface area contributed by atoms with Gasteiger partial charge in [0.15, 0.2) is 0 Å². The zero-order chi connectivity index (χ0) is 21.9. The Morgan fingerprint density at radius 3 is 2.67 bits per heavy atom. The van der Waals surface area contributed by atoms with Gasteiger partial charge in [-0.3, -0.25) is 4.79 Å². The zero-order valence-corrected chi connectivity index (χ0v) is 17.8. The van der Waals surface area contributed by atoms with Crippen molar-refractivity contribution in [2.75, 3.05) is 5.32 Å². The van der Waals surface area contributed by atoms with E-state index in [1.165, 1.54) is 35.1 Å². The molecule has 0 unspecified atom stereocenters. The molecule has 160 valence electrons. The molecule has 2 aromatic heterocycles. The summed E-state index contributed by atoms with van der Waals surface area (Å²) in [6, 6.07) is 4.91. The van der Waals surface area contributed by atoms with Crippen LogP contribution in [0.3, 0.4) is 0 Å². The van der Waals surface area contributed by atoms with E-state index in [0.717, 1.165) is 36.7 Å². The average molecular weight is 437 g/mol. The number of benzene rings is 1. The van der Waals surface area contributed by atoms with E-state index in [1.807, 2.05) is 13.8 Å². The molecule has 0 aliphatic rings. The third-order valence-electron chi connectivity index (χ3n) is 4.79. The van der Waals surface area contributed by atoms with Gasteiger partial charge in [0.1, 0.15) is 0 Å². The normalized spacial score (nSPS) is 11.7. The molecular formula is C21H23F3N4OS. The molecule has 0 spiro atoms. The minimum absolute atomic E-state index is 0.120. The fraction of sp³-hybridized carbons (Fsp3) is 0.381. The fourth-order valence-corrected chi connectivity index (χ4v) is 4.07. The Labute approximate surface area is 177 Å². The van der Waals surface area contributed by atoms with Crippen molar-refractivity contribution in [3.8, 4) is 5.13 Å². The van der Waals surface area contributed by atoms with Crippen LogP contribution in [0.2, 0.25) is 0 Å². The van der Waals surface area contributed by atoms with Crippen LogP contribution in [0.15, 0.2) is 29.6 Å². The van der Waals surface area contributed by atoms with Gasteiger partial charge in [0, 0.05) is 11.1 Å². The summed E-state index contributed by atoms with van der Waals surface area (Å²) < 4.78 is 41.1. The number of thiazole rings is 1. The van der Waals surface area contributed by atoms with Crippen molar-refractivity contribution >= 4 is 22.9 Å². The van der Waals surface area contributed by atoms with E-state index in [9.17, 15) is 18.0 Å². The van der Waals surface area contributed by atoms with Gasteiger partial charge in [-0.2, -0.15) is 18.3 Å². The predicted molar refractivity (Wildman–Crippen MR) is 111 cm³/mol. The van der Waals surface area contributed by atoms with E-state index in [4.69, 9.17) is 0 Å². The van der Waals surface area contributed by atoms with Crippen LogP contribution >= 0.6 is 11.3 Å². The van der Waals surface area contributed by atoms with Gasteiger partial charge in [0.05, 0.1) is 29.1 Å². The van der Waals surface area contributed by atoms with Gasteiger partial charge in [0.25, 0.3) is 0 Å². The highest BCUT2D eigenvalue weighted by molar-refractivity contribution is 7.12. The zero-order valence-electron chi connectivity index (χ0n) is 17.0. The van der Waals surface area contributed by atoms with Crippen LogP contribution in [0.5, 0.6) is 0 Å². The largest absolute Gasteiger partial charge is 0.418 e. The Bertz CT molecular complexity index is 1040. The summed E-state index contributed by atoms with van der Waals surface area (Å²) in [5.41, 5.74) is 2.53. The smallest absolute Gasteiger partial charge is 0.325 e. The average Bonchev–Trinajstić information content (AvgIpc) is 3.24. The first-order valence-electron chi connectivity index (χ1n) is 9.66. The molecule has 30 heavy (non-hydrogen) atoms. The van der Waals surface area contributed by atoms with Gasteiger partial charge in [-0.1, -0.05) is 25.5 Å². The van der Waals surface area contributed by atoms with Gasteiger partial charge in [0.2, 0.25) is 11.0 Å². The quantitative estimate of drug-likeness (QED) is 0.533. The molecule has 1 N–H and O–H groups in total.